The van der Waals surface area contributed by atoms with E-state index in [9.17, 15) is 0 Å². The van der Waals surface area contributed by atoms with Gasteiger partial charge in [-0.3, -0.25) is 0 Å². The summed E-state index contributed by atoms with van der Waals surface area (Å²) in [5, 5.41) is 8.59. The van der Waals surface area contributed by atoms with Crippen LogP contribution >= 0.6 is 0 Å². The first-order valence-corrected chi connectivity index (χ1v) is 6.05. The summed E-state index contributed by atoms with van der Waals surface area (Å²) >= 11 is 0. The quantitative estimate of drug-likeness (QED) is 0.487. The number of ether oxygens (including phenoxy) is 3. The fraction of sp³-hybridized carbons (Fsp3) is 0.545. The lowest BCUT2D eigenvalue weighted by atomic mass is 10.5. The molecule has 0 saturated heterocycles. The number of nitrogens with two attached hydrogens (primary N) is 1. The molecule has 3 N–H and O–H groups in total. The van der Waals surface area contributed by atoms with Crippen LogP contribution in [0.2, 0.25) is 0 Å². The Morgan fingerprint density at radius 1 is 1.30 bits per heavy atom. The third kappa shape index (κ3) is 3.32. The highest BCUT2D eigenvalue weighted by atomic mass is 16.6. The summed E-state index contributed by atoms with van der Waals surface area (Å²) in [6, 6.07) is 0. The molecular weight excluding hydrogens is 266 g/mol. The highest BCUT2D eigenvalue weighted by Crippen LogP contribution is 2.21. The van der Waals surface area contributed by atoms with Crippen molar-refractivity contribution in [2.75, 3.05) is 39.5 Å². The van der Waals surface area contributed by atoms with Gasteiger partial charge in [-0.05, 0) is 0 Å². The van der Waals surface area contributed by atoms with E-state index in [-0.39, 0.29) is 12.7 Å². The minimum Gasteiger partial charge on any atom is -0.474 e. The van der Waals surface area contributed by atoms with E-state index in [0.717, 1.165) is 0 Å². The lowest BCUT2D eigenvalue weighted by molar-refractivity contribution is -0.00432. The summed E-state index contributed by atoms with van der Waals surface area (Å²) in [7, 11) is 1.59. The van der Waals surface area contributed by atoms with Crippen molar-refractivity contribution in [2.45, 2.75) is 6.54 Å². The van der Waals surface area contributed by atoms with E-state index in [1.165, 1.54) is 0 Å². The van der Waals surface area contributed by atoms with E-state index in [4.69, 9.17) is 25.1 Å². The second-order valence-corrected chi connectivity index (χ2v) is 3.88. The molecule has 0 fully saturated rings. The number of anilines is 1. The zero-order valence-electron chi connectivity index (χ0n) is 11.2. The zero-order chi connectivity index (χ0) is 14.4. The van der Waals surface area contributed by atoms with Gasteiger partial charge in [0.15, 0.2) is 11.2 Å². The third-order valence-corrected chi connectivity index (χ3v) is 2.54. The smallest absolute Gasteiger partial charge is 0.247 e. The van der Waals surface area contributed by atoms with E-state index in [0.29, 0.717) is 43.4 Å². The van der Waals surface area contributed by atoms with E-state index in [1.54, 1.807) is 18.0 Å². The molecule has 9 heteroatoms. The Hall–Kier alpha value is -1.97. The molecule has 0 saturated carbocycles. The van der Waals surface area contributed by atoms with Gasteiger partial charge in [0.05, 0.1) is 19.5 Å². The first kappa shape index (κ1) is 14.4. The third-order valence-electron chi connectivity index (χ3n) is 2.54. The molecule has 20 heavy (non-hydrogen) atoms. The number of aliphatic hydroxyl groups is 1. The van der Waals surface area contributed by atoms with Gasteiger partial charge < -0.3 is 29.6 Å². The lowest BCUT2D eigenvalue weighted by Gasteiger charge is -2.07. The molecule has 2 heterocycles. The second-order valence-electron chi connectivity index (χ2n) is 3.88. The highest BCUT2D eigenvalue weighted by molar-refractivity contribution is 5.77. The summed E-state index contributed by atoms with van der Waals surface area (Å²) in [6.45, 7) is 1.30. The summed E-state index contributed by atoms with van der Waals surface area (Å²) in [5.74, 6) is 0.432. The van der Waals surface area contributed by atoms with E-state index >= 15 is 0 Å². The standard InChI is InChI=1S/C11H17N5O4/c1-18-4-5-20-10-8-9(14-11(12)15-10)16(6-13-8)2-3-19-7-17/h6,17H,2-5,7H2,1H3,(H2,12,14,15). The van der Waals surface area contributed by atoms with Crippen LogP contribution in [0.1, 0.15) is 0 Å². The Balaban J connectivity index is 2.21. The van der Waals surface area contributed by atoms with Crippen molar-refractivity contribution < 1.29 is 19.3 Å². The maximum atomic E-state index is 8.59. The molecule has 0 aliphatic carbocycles. The van der Waals surface area contributed by atoms with Crippen LogP contribution in [0.5, 0.6) is 5.88 Å². The van der Waals surface area contributed by atoms with E-state index < -0.39 is 0 Å². The van der Waals surface area contributed by atoms with Crippen molar-refractivity contribution in [2.24, 2.45) is 0 Å². The SMILES string of the molecule is COCCOc1nc(N)nc2c1ncn2CCOCO. The van der Waals surface area contributed by atoms with Crippen LogP contribution in [0.3, 0.4) is 0 Å². The molecule has 0 atom stereocenters. The molecule has 0 aromatic carbocycles. The number of fused-ring (bicyclic) bond motifs is 1. The molecule has 2 aromatic heterocycles. The fourth-order valence-corrected chi connectivity index (χ4v) is 1.65. The first-order valence-electron chi connectivity index (χ1n) is 6.05. The van der Waals surface area contributed by atoms with Crippen molar-refractivity contribution in [3.05, 3.63) is 6.33 Å². The molecule has 9 nitrogen and oxygen atoms in total. The predicted octanol–water partition coefficient (Wildman–Crippen LogP) is -0.600. The molecule has 0 unspecified atom stereocenters. The van der Waals surface area contributed by atoms with Crippen LogP contribution in [-0.2, 0) is 16.0 Å². The van der Waals surface area contributed by atoms with Gasteiger partial charge >= 0.3 is 0 Å². The predicted molar refractivity (Wildman–Crippen MR) is 70.1 cm³/mol. The van der Waals surface area contributed by atoms with Crippen LogP contribution in [-0.4, -0.2) is 58.3 Å². The number of rotatable bonds is 8. The Morgan fingerprint density at radius 3 is 2.90 bits per heavy atom. The summed E-state index contributed by atoms with van der Waals surface area (Å²) in [6.07, 6.45) is 1.60. The molecular formula is C11H17N5O4. The van der Waals surface area contributed by atoms with Crippen LogP contribution < -0.4 is 10.5 Å². The number of methoxy groups -OCH3 is 1. The monoisotopic (exact) mass is 283 g/mol. The van der Waals surface area contributed by atoms with Crippen molar-refractivity contribution >= 4 is 17.1 Å². The average molecular weight is 283 g/mol. The molecule has 0 aliphatic rings. The molecule has 0 amide bonds. The number of nitrogens with zero attached hydrogens (tertiary/aromatic N) is 4. The van der Waals surface area contributed by atoms with Crippen molar-refractivity contribution in [3.8, 4) is 5.88 Å². The first-order chi connectivity index (χ1) is 9.76. The number of hydrogen-bond acceptors (Lipinski definition) is 8. The Labute approximate surface area is 115 Å². The van der Waals surface area contributed by atoms with E-state index in [2.05, 4.69) is 15.0 Å². The molecule has 2 rings (SSSR count). The van der Waals surface area contributed by atoms with Crippen molar-refractivity contribution in [3.63, 3.8) is 0 Å². The summed E-state index contributed by atoms with van der Waals surface area (Å²) in [5.41, 5.74) is 6.75. The Morgan fingerprint density at radius 2 is 2.15 bits per heavy atom. The summed E-state index contributed by atoms with van der Waals surface area (Å²) < 4.78 is 17.0. The van der Waals surface area contributed by atoms with Gasteiger partial charge in [0.2, 0.25) is 11.8 Å². The number of aliphatic hydroxyl groups excluding tert-OH is 1. The van der Waals surface area contributed by atoms with Gasteiger partial charge in [-0.15, -0.1) is 0 Å². The molecule has 0 aliphatic heterocycles. The van der Waals surface area contributed by atoms with Crippen LogP contribution in [0, 0.1) is 0 Å². The van der Waals surface area contributed by atoms with E-state index in [1.807, 2.05) is 0 Å². The maximum absolute atomic E-state index is 8.59. The molecule has 0 bridgehead atoms. The van der Waals surface area contributed by atoms with Crippen LogP contribution in [0.25, 0.3) is 11.2 Å². The molecule has 0 radical (unpaired) electrons. The molecule has 2 aromatic rings. The Kier molecular flexibility index (Phi) is 5.04. The van der Waals surface area contributed by atoms with Crippen LogP contribution in [0.4, 0.5) is 5.95 Å². The van der Waals surface area contributed by atoms with Gasteiger partial charge in [-0.1, -0.05) is 0 Å². The lowest BCUT2D eigenvalue weighted by Crippen LogP contribution is -2.09. The maximum Gasteiger partial charge on any atom is 0.247 e. The van der Waals surface area contributed by atoms with Crippen molar-refractivity contribution in [1.82, 2.24) is 19.5 Å². The van der Waals surface area contributed by atoms with Gasteiger partial charge in [-0.25, -0.2) is 4.98 Å². The molecule has 0 spiro atoms. The van der Waals surface area contributed by atoms with Gasteiger partial charge in [0, 0.05) is 13.7 Å². The average Bonchev–Trinajstić information content (AvgIpc) is 2.82. The number of hydrogen-bond donors (Lipinski definition) is 2. The zero-order valence-corrected chi connectivity index (χ0v) is 11.2. The van der Waals surface area contributed by atoms with Gasteiger partial charge in [-0.2, -0.15) is 9.97 Å². The van der Waals surface area contributed by atoms with Gasteiger partial charge in [0.25, 0.3) is 0 Å². The topological polar surface area (TPSA) is 118 Å². The highest BCUT2D eigenvalue weighted by Gasteiger charge is 2.13. The minimum absolute atomic E-state index is 0.106. The number of aromatic nitrogens is 4. The van der Waals surface area contributed by atoms with Crippen molar-refractivity contribution in [1.29, 1.82) is 0 Å². The van der Waals surface area contributed by atoms with Crippen LogP contribution in [0.15, 0.2) is 6.33 Å². The molecule has 110 valence electrons. The Bertz CT molecular complexity index is 559. The fourth-order valence-electron chi connectivity index (χ4n) is 1.65. The summed E-state index contributed by atoms with van der Waals surface area (Å²) in [4.78, 5) is 12.4. The normalized spacial score (nSPS) is 11.1. The number of nitrogen functional groups attached to an aromatic ring is 1. The minimum atomic E-state index is -0.324. The van der Waals surface area contributed by atoms with Gasteiger partial charge in [0.1, 0.15) is 13.4 Å². The second kappa shape index (κ2) is 6.98. The number of imidazole rings is 1. The largest absolute Gasteiger partial charge is 0.474 e.